The van der Waals surface area contributed by atoms with Crippen molar-refractivity contribution in [2.45, 2.75) is 13.0 Å². The zero-order chi connectivity index (χ0) is 17.2. The van der Waals surface area contributed by atoms with Gasteiger partial charge in [-0.25, -0.2) is 0 Å². The molecule has 2 aromatic rings. The summed E-state index contributed by atoms with van der Waals surface area (Å²) in [6.45, 7) is 1.94. The summed E-state index contributed by atoms with van der Waals surface area (Å²) in [5, 5.41) is 12.1. The summed E-state index contributed by atoms with van der Waals surface area (Å²) in [6, 6.07) is 17.3. The van der Waals surface area contributed by atoms with Crippen LogP contribution in [0.4, 0.5) is 5.69 Å². The van der Waals surface area contributed by atoms with E-state index >= 15 is 0 Å². The molecule has 0 aromatic heterocycles. The molecule has 0 radical (unpaired) electrons. The minimum Gasteiger partial charge on any atom is -0.497 e. The highest BCUT2D eigenvalue weighted by Crippen LogP contribution is 2.15. The second-order valence-corrected chi connectivity index (χ2v) is 5.51. The predicted octanol–water partition coefficient (Wildman–Crippen LogP) is 2.52. The van der Waals surface area contributed by atoms with Crippen LogP contribution in [0.2, 0.25) is 0 Å². The number of hydrogen-bond acceptors (Lipinski definition) is 4. The van der Waals surface area contributed by atoms with Crippen LogP contribution < -0.4 is 10.1 Å². The maximum Gasteiger partial charge on any atom is 0.225 e. The fourth-order valence-electron chi connectivity index (χ4n) is 2.41. The Morgan fingerprint density at radius 1 is 1.08 bits per heavy atom. The van der Waals surface area contributed by atoms with Gasteiger partial charge in [-0.3, -0.25) is 9.69 Å². The van der Waals surface area contributed by atoms with Crippen molar-refractivity contribution < 1.29 is 14.6 Å². The molecular formula is C19H24N2O3. The number of ether oxygens (including phenoxy) is 1. The smallest absolute Gasteiger partial charge is 0.225 e. The zero-order valence-electron chi connectivity index (χ0n) is 13.9. The average molecular weight is 328 g/mol. The standard InChI is InChI=1S/C19H24N2O3/c1-24-18-9-7-17(8-10-18)20-19(23)11-12-21(13-14-22)15-16-5-3-2-4-6-16/h2-10,22H,11-15H2,1H3,(H,20,23). The van der Waals surface area contributed by atoms with Gasteiger partial charge >= 0.3 is 0 Å². The number of carbonyl (C=O) groups excluding carboxylic acids is 1. The third-order valence-corrected chi connectivity index (χ3v) is 3.69. The fraction of sp³-hybridized carbons (Fsp3) is 0.316. The molecule has 0 saturated heterocycles. The first kappa shape index (κ1) is 18.0. The van der Waals surface area contributed by atoms with Gasteiger partial charge in [0.2, 0.25) is 5.91 Å². The lowest BCUT2D eigenvalue weighted by Gasteiger charge is -2.21. The number of rotatable bonds is 9. The minimum absolute atomic E-state index is 0.0452. The van der Waals surface area contributed by atoms with E-state index in [4.69, 9.17) is 4.74 Å². The Labute approximate surface area is 142 Å². The van der Waals surface area contributed by atoms with Crippen LogP contribution in [-0.4, -0.2) is 42.7 Å². The lowest BCUT2D eigenvalue weighted by molar-refractivity contribution is -0.116. The molecule has 0 bridgehead atoms. The molecule has 0 aliphatic rings. The molecule has 0 heterocycles. The summed E-state index contributed by atoms with van der Waals surface area (Å²) in [6.07, 6.45) is 0.374. The largest absolute Gasteiger partial charge is 0.497 e. The van der Waals surface area contributed by atoms with Gasteiger partial charge in [-0.2, -0.15) is 0 Å². The number of benzene rings is 2. The first-order valence-electron chi connectivity index (χ1n) is 8.02. The Kier molecular flexibility index (Phi) is 7.26. The van der Waals surface area contributed by atoms with Crippen molar-refractivity contribution in [3.63, 3.8) is 0 Å². The summed E-state index contributed by atoms with van der Waals surface area (Å²) in [5.41, 5.74) is 1.92. The number of carbonyl (C=O) groups is 1. The van der Waals surface area contributed by atoms with E-state index < -0.39 is 0 Å². The summed E-state index contributed by atoms with van der Waals surface area (Å²) in [7, 11) is 1.61. The normalized spacial score (nSPS) is 10.6. The van der Waals surface area contributed by atoms with E-state index in [-0.39, 0.29) is 12.5 Å². The molecule has 2 aromatic carbocycles. The molecule has 0 atom stereocenters. The van der Waals surface area contributed by atoms with Crippen LogP contribution in [0.3, 0.4) is 0 Å². The Hall–Kier alpha value is -2.37. The van der Waals surface area contributed by atoms with E-state index in [0.717, 1.165) is 18.0 Å². The molecule has 0 fully saturated rings. The molecule has 5 nitrogen and oxygen atoms in total. The van der Waals surface area contributed by atoms with Crippen molar-refractivity contribution in [3.05, 3.63) is 60.2 Å². The van der Waals surface area contributed by atoms with Crippen LogP contribution in [0.5, 0.6) is 5.75 Å². The molecule has 2 rings (SSSR count). The summed E-state index contributed by atoms with van der Waals surface area (Å²) >= 11 is 0. The van der Waals surface area contributed by atoms with Crippen molar-refractivity contribution in [1.29, 1.82) is 0 Å². The van der Waals surface area contributed by atoms with E-state index in [1.165, 1.54) is 5.56 Å². The quantitative estimate of drug-likeness (QED) is 0.742. The van der Waals surface area contributed by atoms with Gasteiger partial charge in [-0.15, -0.1) is 0 Å². The zero-order valence-corrected chi connectivity index (χ0v) is 13.9. The SMILES string of the molecule is COc1ccc(NC(=O)CCN(CCO)Cc2ccccc2)cc1. The van der Waals surface area contributed by atoms with E-state index in [1.54, 1.807) is 7.11 Å². The summed E-state index contributed by atoms with van der Waals surface area (Å²) < 4.78 is 5.09. The molecular weight excluding hydrogens is 304 g/mol. The second kappa shape index (κ2) is 9.70. The van der Waals surface area contributed by atoms with Crippen molar-refractivity contribution in [3.8, 4) is 5.75 Å². The molecule has 1 amide bonds. The number of hydrogen-bond donors (Lipinski definition) is 2. The maximum absolute atomic E-state index is 12.1. The predicted molar refractivity (Wildman–Crippen MR) is 95.0 cm³/mol. The van der Waals surface area contributed by atoms with Gasteiger partial charge in [-0.05, 0) is 29.8 Å². The fourth-order valence-corrected chi connectivity index (χ4v) is 2.41. The number of aliphatic hydroxyl groups excluding tert-OH is 1. The van der Waals surface area contributed by atoms with Crippen molar-refractivity contribution >= 4 is 11.6 Å². The minimum atomic E-state index is -0.0452. The molecule has 0 aliphatic carbocycles. The van der Waals surface area contributed by atoms with Gasteiger partial charge in [-0.1, -0.05) is 30.3 Å². The first-order chi connectivity index (χ1) is 11.7. The van der Waals surface area contributed by atoms with Gasteiger partial charge < -0.3 is 15.2 Å². The summed E-state index contributed by atoms with van der Waals surface area (Å²) in [5.74, 6) is 0.709. The molecule has 0 aliphatic heterocycles. The molecule has 0 unspecified atom stereocenters. The van der Waals surface area contributed by atoms with E-state index in [1.807, 2.05) is 54.6 Å². The molecule has 128 valence electrons. The Morgan fingerprint density at radius 2 is 1.79 bits per heavy atom. The highest BCUT2D eigenvalue weighted by Gasteiger charge is 2.09. The molecule has 0 saturated carbocycles. The molecule has 5 heteroatoms. The van der Waals surface area contributed by atoms with Gasteiger partial charge in [0.1, 0.15) is 5.75 Å². The third kappa shape index (κ3) is 6.02. The van der Waals surface area contributed by atoms with Crippen LogP contribution in [-0.2, 0) is 11.3 Å². The van der Waals surface area contributed by atoms with Gasteiger partial charge in [0.15, 0.2) is 0 Å². The lowest BCUT2D eigenvalue weighted by atomic mass is 10.2. The van der Waals surface area contributed by atoms with Crippen LogP contribution >= 0.6 is 0 Å². The van der Waals surface area contributed by atoms with Crippen LogP contribution in [0.1, 0.15) is 12.0 Å². The van der Waals surface area contributed by atoms with Crippen molar-refractivity contribution in [1.82, 2.24) is 4.90 Å². The number of methoxy groups -OCH3 is 1. The second-order valence-electron chi connectivity index (χ2n) is 5.51. The molecule has 2 N–H and O–H groups in total. The third-order valence-electron chi connectivity index (χ3n) is 3.69. The number of anilines is 1. The number of aliphatic hydroxyl groups is 1. The van der Waals surface area contributed by atoms with Crippen LogP contribution in [0.25, 0.3) is 0 Å². The van der Waals surface area contributed by atoms with Crippen LogP contribution in [0, 0.1) is 0 Å². The Morgan fingerprint density at radius 3 is 2.42 bits per heavy atom. The maximum atomic E-state index is 12.1. The van der Waals surface area contributed by atoms with E-state index in [2.05, 4.69) is 10.2 Å². The number of nitrogens with one attached hydrogen (secondary N) is 1. The molecule has 24 heavy (non-hydrogen) atoms. The van der Waals surface area contributed by atoms with E-state index in [0.29, 0.717) is 19.5 Å². The monoisotopic (exact) mass is 328 g/mol. The van der Waals surface area contributed by atoms with E-state index in [9.17, 15) is 9.90 Å². The average Bonchev–Trinajstić information content (AvgIpc) is 2.61. The van der Waals surface area contributed by atoms with Crippen molar-refractivity contribution in [2.24, 2.45) is 0 Å². The van der Waals surface area contributed by atoms with Crippen molar-refractivity contribution in [2.75, 3.05) is 32.1 Å². The first-order valence-corrected chi connectivity index (χ1v) is 8.02. The number of nitrogens with zero attached hydrogens (tertiary/aromatic N) is 1. The lowest BCUT2D eigenvalue weighted by Crippen LogP contribution is -2.30. The Balaban J connectivity index is 1.82. The molecule has 0 spiro atoms. The van der Waals surface area contributed by atoms with Gasteiger partial charge in [0.05, 0.1) is 13.7 Å². The topological polar surface area (TPSA) is 61.8 Å². The summed E-state index contributed by atoms with van der Waals surface area (Å²) in [4.78, 5) is 14.2. The highest BCUT2D eigenvalue weighted by molar-refractivity contribution is 5.90. The van der Waals surface area contributed by atoms with Crippen LogP contribution in [0.15, 0.2) is 54.6 Å². The van der Waals surface area contributed by atoms with Gasteiger partial charge in [0, 0.05) is 31.7 Å². The highest BCUT2D eigenvalue weighted by atomic mass is 16.5. The Bertz CT molecular complexity index is 614. The van der Waals surface area contributed by atoms with Gasteiger partial charge in [0.25, 0.3) is 0 Å². The number of amides is 1.